The number of benzene rings is 2. The van der Waals surface area contributed by atoms with Crippen molar-refractivity contribution in [1.29, 1.82) is 0 Å². The summed E-state index contributed by atoms with van der Waals surface area (Å²) in [4.78, 5) is 0. The molecule has 0 radical (unpaired) electrons. The smallest absolute Gasteiger partial charge is 0.123 e. The van der Waals surface area contributed by atoms with Crippen molar-refractivity contribution >= 4 is 5.69 Å². The van der Waals surface area contributed by atoms with Crippen molar-refractivity contribution in [3.8, 4) is 11.1 Å². The predicted molar refractivity (Wildman–Crippen MR) is 65.7 cm³/mol. The maximum absolute atomic E-state index is 13.1. The third kappa shape index (κ3) is 1.91. The van der Waals surface area contributed by atoms with E-state index in [1.807, 2.05) is 32.0 Å². The summed E-state index contributed by atoms with van der Waals surface area (Å²) in [5.74, 6) is -0.218. The standard InChI is InChI=1S/C14H14FN/c1-9-6-12(7-10(2)14(9)16)11-4-3-5-13(15)8-11/h3-8H,16H2,1-2H3. The Hall–Kier alpha value is -1.83. The molecule has 0 aliphatic heterocycles. The third-order valence-corrected chi connectivity index (χ3v) is 2.75. The topological polar surface area (TPSA) is 26.0 Å². The first-order valence-corrected chi connectivity index (χ1v) is 5.20. The van der Waals surface area contributed by atoms with Gasteiger partial charge in [-0.1, -0.05) is 12.1 Å². The minimum absolute atomic E-state index is 0.218. The van der Waals surface area contributed by atoms with E-state index >= 15 is 0 Å². The molecule has 0 heterocycles. The maximum atomic E-state index is 13.1. The van der Waals surface area contributed by atoms with Gasteiger partial charge in [0.05, 0.1) is 0 Å². The lowest BCUT2D eigenvalue weighted by atomic mass is 9.99. The molecule has 2 heteroatoms. The van der Waals surface area contributed by atoms with E-state index in [0.717, 1.165) is 27.9 Å². The van der Waals surface area contributed by atoms with Crippen molar-refractivity contribution in [3.63, 3.8) is 0 Å². The van der Waals surface area contributed by atoms with Gasteiger partial charge in [0.15, 0.2) is 0 Å². The summed E-state index contributed by atoms with van der Waals surface area (Å²) in [7, 11) is 0. The van der Waals surface area contributed by atoms with Gasteiger partial charge in [-0.3, -0.25) is 0 Å². The molecule has 0 aliphatic rings. The normalized spacial score (nSPS) is 10.4. The van der Waals surface area contributed by atoms with Gasteiger partial charge in [-0.05, 0) is 60.4 Å². The number of nitrogens with two attached hydrogens (primary N) is 1. The van der Waals surface area contributed by atoms with Crippen LogP contribution in [0.1, 0.15) is 11.1 Å². The molecule has 2 rings (SSSR count). The predicted octanol–water partition coefficient (Wildman–Crippen LogP) is 3.69. The number of hydrogen-bond donors (Lipinski definition) is 1. The quantitative estimate of drug-likeness (QED) is 0.721. The average molecular weight is 215 g/mol. The van der Waals surface area contributed by atoms with Gasteiger partial charge >= 0.3 is 0 Å². The number of nitrogen functional groups attached to an aromatic ring is 1. The van der Waals surface area contributed by atoms with E-state index in [9.17, 15) is 4.39 Å². The zero-order valence-corrected chi connectivity index (χ0v) is 9.42. The van der Waals surface area contributed by atoms with Crippen LogP contribution in [0.3, 0.4) is 0 Å². The highest BCUT2D eigenvalue weighted by Gasteiger charge is 2.04. The van der Waals surface area contributed by atoms with E-state index in [0.29, 0.717) is 0 Å². The summed E-state index contributed by atoms with van der Waals surface area (Å²) in [5, 5.41) is 0. The first-order chi connectivity index (χ1) is 7.58. The van der Waals surface area contributed by atoms with E-state index in [1.54, 1.807) is 6.07 Å². The average Bonchev–Trinajstić information content (AvgIpc) is 2.25. The van der Waals surface area contributed by atoms with Crippen LogP contribution in [0.25, 0.3) is 11.1 Å². The first-order valence-electron chi connectivity index (χ1n) is 5.20. The molecule has 82 valence electrons. The van der Waals surface area contributed by atoms with Crippen LogP contribution < -0.4 is 5.73 Å². The fourth-order valence-electron chi connectivity index (χ4n) is 1.81. The molecule has 0 aromatic heterocycles. The Bertz CT molecular complexity index is 509. The minimum Gasteiger partial charge on any atom is -0.398 e. The van der Waals surface area contributed by atoms with Crippen molar-refractivity contribution in [2.75, 3.05) is 5.73 Å². The molecule has 0 amide bonds. The van der Waals surface area contributed by atoms with Gasteiger partial charge < -0.3 is 5.73 Å². The first kappa shape index (κ1) is 10.7. The molecule has 0 unspecified atom stereocenters. The molecule has 0 fully saturated rings. The molecule has 2 aromatic rings. The Labute approximate surface area is 94.7 Å². The van der Waals surface area contributed by atoms with Crippen molar-refractivity contribution in [2.45, 2.75) is 13.8 Å². The van der Waals surface area contributed by atoms with Gasteiger partial charge in [-0.25, -0.2) is 4.39 Å². The number of hydrogen-bond acceptors (Lipinski definition) is 1. The van der Waals surface area contributed by atoms with Crippen LogP contribution >= 0.6 is 0 Å². The van der Waals surface area contributed by atoms with Gasteiger partial charge in [0.25, 0.3) is 0 Å². The second-order valence-corrected chi connectivity index (χ2v) is 4.03. The van der Waals surface area contributed by atoms with Gasteiger partial charge in [0.2, 0.25) is 0 Å². The van der Waals surface area contributed by atoms with Crippen LogP contribution in [0, 0.1) is 19.7 Å². The Kier molecular flexibility index (Phi) is 2.65. The Morgan fingerprint density at radius 3 is 2.12 bits per heavy atom. The monoisotopic (exact) mass is 215 g/mol. The van der Waals surface area contributed by atoms with Crippen LogP contribution in [0.2, 0.25) is 0 Å². The number of aryl methyl sites for hydroxylation is 2. The molecule has 0 bridgehead atoms. The van der Waals surface area contributed by atoms with Gasteiger partial charge in [-0.15, -0.1) is 0 Å². The maximum Gasteiger partial charge on any atom is 0.123 e. The summed E-state index contributed by atoms with van der Waals surface area (Å²) in [6, 6.07) is 10.6. The van der Waals surface area contributed by atoms with E-state index in [2.05, 4.69) is 0 Å². The summed E-state index contributed by atoms with van der Waals surface area (Å²) in [5.41, 5.74) is 10.6. The Balaban J connectivity index is 2.57. The van der Waals surface area contributed by atoms with Crippen molar-refractivity contribution < 1.29 is 4.39 Å². The zero-order valence-electron chi connectivity index (χ0n) is 9.42. The van der Waals surface area contributed by atoms with Crippen LogP contribution in [0.4, 0.5) is 10.1 Å². The van der Waals surface area contributed by atoms with E-state index in [4.69, 9.17) is 5.73 Å². The van der Waals surface area contributed by atoms with Crippen LogP contribution in [0.15, 0.2) is 36.4 Å². The molecule has 0 spiro atoms. The van der Waals surface area contributed by atoms with Crippen LogP contribution in [0.5, 0.6) is 0 Å². The molecule has 2 aromatic carbocycles. The number of anilines is 1. The van der Waals surface area contributed by atoms with Crippen molar-refractivity contribution in [2.24, 2.45) is 0 Å². The van der Waals surface area contributed by atoms with E-state index < -0.39 is 0 Å². The highest BCUT2D eigenvalue weighted by molar-refractivity contribution is 5.70. The molecule has 0 saturated heterocycles. The SMILES string of the molecule is Cc1cc(-c2cccc(F)c2)cc(C)c1N. The molecule has 0 atom stereocenters. The second kappa shape index (κ2) is 3.97. The lowest BCUT2D eigenvalue weighted by Crippen LogP contribution is -1.94. The van der Waals surface area contributed by atoms with Crippen LogP contribution in [-0.2, 0) is 0 Å². The minimum atomic E-state index is -0.218. The molecule has 2 N–H and O–H groups in total. The number of halogens is 1. The fourth-order valence-corrected chi connectivity index (χ4v) is 1.81. The summed E-state index contributed by atoms with van der Waals surface area (Å²) in [6.07, 6.45) is 0. The van der Waals surface area contributed by atoms with Gasteiger partial charge in [0, 0.05) is 5.69 Å². The lowest BCUT2D eigenvalue weighted by Gasteiger charge is -2.09. The second-order valence-electron chi connectivity index (χ2n) is 4.03. The summed E-state index contributed by atoms with van der Waals surface area (Å²) < 4.78 is 13.1. The zero-order chi connectivity index (χ0) is 11.7. The molecular weight excluding hydrogens is 201 g/mol. The van der Waals surface area contributed by atoms with Crippen molar-refractivity contribution in [3.05, 3.63) is 53.3 Å². The fraction of sp³-hybridized carbons (Fsp3) is 0.143. The molecule has 16 heavy (non-hydrogen) atoms. The summed E-state index contributed by atoms with van der Waals surface area (Å²) >= 11 is 0. The highest BCUT2D eigenvalue weighted by Crippen LogP contribution is 2.26. The number of rotatable bonds is 1. The third-order valence-electron chi connectivity index (χ3n) is 2.75. The largest absolute Gasteiger partial charge is 0.398 e. The van der Waals surface area contributed by atoms with Crippen molar-refractivity contribution in [1.82, 2.24) is 0 Å². The molecular formula is C14H14FN. The molecule has 0 saturated carbocycles. The van der Waals surface area contributed by atoms with E-state index in [1.165, 1.54) is 12.1 Å². The van der Waals surface area contributed by atoms with Gasteiger partial charge in [-0.2, -0.15) is 0 Å². The summed E-state index contributed by atoms with van der Waals surface area (Å²) in [6.45, 7) is 3.93. The Morgan fingerprint density at radius 2 is 1.56 bits per heavy atom. The molecule has 1 nitrogen and oxygen atoms in total. The lowest BCUT2D eigenvalue weighted by molar-refractivity contribution is 0.628. The van der Waals surface area contributed by atoms with E-state index in [-0.39, 0.29) is 5.82 Å². The Morgan fingerprint density at radius 1 is 0.938 bits per heavy atom. The molecule has 0 aliphatic carbocycles. The highest BCUT2D eigenvalue weighted by atomic mass is 19.1. The van der Waals surface area contributed by atoms with Gasteiger partial charge in [0.1, 0.15) is 5.82 Å². The van der Waals surface area contributed by atoms with Crippen LogP contribution in [-0.4, -0.2) is 0 Å².